The van der Waals surface area contributed by atoms with Gasteiger partial charge in [-0.3, -0.25) is 0 Å². The van der Waals surface area contributed by atoms with Crippen molar-refractivity contribution in [1.82, 2.24) is 19.5 Å². The quantitative estimate of drug-likeness (QED) is 0.175. The molecule has 266 valence electrons. The molecule has 0 amide bonds. The zero-order valence-corrected chi connectivity index (χ0v) is 32.1. The Morgan fingerprint density at radius 2 is 0.860 bits per heavy atom. The van der Waals surface area contributed by atoms with Crippen LogP contribution in [0.5, 0.6) is 0 Å². The number of thiophene rings is 2. The van der Waals surface area contributed by atoms with Gasteiger partial charge in [-0.25, -0.2) is 15.0 Å². The number of benzene rings is 8. The van der Waals surface area contributed by atoms with Gasteiger partial charge in [0.05, 0.1) is 11.0 Å². The first-order valence-electron chi connectivity index (χ1n) is 19.0. The van der Waals surface area contributed by atoms with E-state index in [0.29, 0.717) is 17.5 Å². The summed E-state index contributed by atoms with van der Waals surface area (Å²) in [6.45, 7) is 0. The largest absolute Gasteiger partial charge is 0.309 e. The van der Waals surface area contributed by atoms with Crippen LogP contribution in [-0.2, 0) is 0 Å². The Morgan fingerprint density at radius 3 is 1.56 bits per heavy atom. The van der Waals surface area contributed by atoms with E-state index in [1.54, 1.807) is 0 Å². The minimum absolute atomic E-state index is 0.665. The lowest BCUT2D eigenvalue weighted by Crippen LogP contribution is -1.99. The zero-order valence-electron chi connectivity index (χ0n) is 30.4. The molecule has 0 saturated heterocycles. The molecule has 0 N–H and O–H groups in total. The van der Waals surface area contributed by atoms with Crippen LogP contribution in [0.2, 0.25) is 0 Å². The molecular weight excluding hydrogens is 733 g/mol. The highest BCUT2D eigenvalue weighted by atomic mass is 32.1. The second kappa shape index (κ2) is 12.8. The third kappa shape index (κ3) is 5.22. The fourth-order valence-electron chi connectivity index (χ4n) is 8.35. The molecule has 4 heterocycles. The third-order valence-corrected chi connectivity index (χ3v) is 13.4. The van der Waals surface area contributed by atoms with E-state index in [4.69, 9.17) is 15.0 Å². The summed E-state index contributed by atoms with van der Waals surface area (Å²) in [6.07, 6.45) is 0. The number of fused-ring (bicyclic) bond motifs is 10. The second-order valence-electron chi connectivity index (χ2n) is 14.4. The van der Waals surface area contributed by atoms with Gasteiger partial charge in [-0.1, -0.05) is 140 Å². The minimum Gasteiger partial charge on any atom is -0.309 e. The van der Waals surface area contributed by atoms with Crippen LogP contribution in [0.4, 0.5) is 0 Å². The lowest BCUT2D eigenvalue weighted by Gasteiger charge is -2.10. The topological polar surface area (TPSA) is 43.6 Å². The predicted molar refractivity (Wildman–Crippen MR) is 242 cm³/mol. The number of hydrogen-bond acceptors (Lipinski definition) is 5. The van der Waals surface area contributed by atoms with Gasteiger partial charge in [0.25, 0.3) is 0 Å². The summed E-state index contributed by atoms with van der Waals surface area (Å²) in [5, 5.41) is 7.76. The molecule has 6 heteroatoms. The normalized spacial score (nSPS) is 11.9. The van der Waals surface area contributed by atoms with Crippen molar-refractivity contribution in [3.63, 3.8) is 0 Å². The number of nitrogens with zero attached hydrogens (tertiary/aromatic N) is 4. The second-order valence-corrected chi connectivity index (χ2v) is 16.5. The van der Waals surface area contributed by atoms with E-state index >= 15 is 0 Å². The van der Waals surface area contributed by atoms with E-state index in [-0.39, 0.29) is 0 Å². The fourth-order valence-corrected chi connectivity index (χ4v) is 10.8. The zero-order chi connectivity index (χ0) is 37.5. The molecule has 12 rings (SSSR count). The van der Waals surface area contributed by atoms with E-state index in [0.717, 1.165) is 22.4 Å². The summed E-state index contributed by atoms with van der Waals surface area (Å²) in [5.74, 6) is 2.00. The van der Waals surface area contributed by atoms with Crippen LogP contribution in [0.25, 0.3) is 113 Å². The van der Waals surface area contributed by atoms with Crippen molar-refractivity contribution in [2.45, 2.75) is 0 Å². The molecular formula is C51H30N4S2. The van der Waals surface area contributed by atoms with Gasteiger partial charge in [-0.05, 0) is 53.6 Å². The maximum Gasteiger partial charge on any atom is 0.164 e. The average Bonchev–Trinajstić information content (AvgIpc) is 3.96. The van der Waals surface area contributed by atoms with E-state index in [9.17, 15) is 0 Å². The van der Waals surface area contributed by atoms with Gasteiger partial charge in [0.15, 0.2) is 17.5 Å². The smallest absolute Gasteiger partial charge is 0.164 e. The average molecular weight is 763 g/mol. The number of rotatable bonds is 5. The SMILES string of the molecule is c1ccc(-c2nc(-c3ccccc3)nc(-c3ccc4c(c3)sc3cc(-c5ccc(-n6c7ccccc7c7c8sc9ccccc9c8ccc76)cc5)ccc34)n2)cc1. The van der Waals surface area contributed by atoms with E-state index < -0.39 is 0 Å². The van der Waals surface area contributed by atoms with Crippen molar-refractivity contribution < 1.29 is 0 Å². The summed E-state index contributed by atoms with van der Waals surface area (Å²) in [7, 11) is 0. The van der Waals surface area contributed by atoms with Crippen molar-refractivity contribution in [3.8, 4) is 51.0 Å². The highest BCUT2D eigenvalue weighted by Gasteiger charge is 2.18. The standard InChI is InChI=1S/C51H30N4S2/c1-3-11-32(12-4-1)49-52-50(33-13-5-2-6-14-33)54-51(53-49)35-22-26-39-38-25-21-34(29-45(38)56-46(39)30-35)31-19-23-36(24-20-31)55-42-17-9-7-16-41(42)47-43(55)28-27-40-37-15-8-10-18-44(37)57-48(40)47/h1-30H. The van der Waals surface area contributed by atoms with Crippen LogP contribution < -0.4 is 0 Å². The van der Waals surface area contributed by atoms with Crippen molar-refractivity contribution in [2.24, 2.45) is 0 Å². The van der Waals surface area contributed by atoms with Crippen LogP contribution in [0, 0.1) is 0 Å². The number of para-hydroxylation sites is 1. The fraction of sp³-hybridized carbons (Fsp3) is 0. The highest BCUT2D eigenvalue weighted by Crippen LogP contribution is 2.44. The lowest BCUT2D eigenvalue weighted by molar-refractivity contribution is 1.07. The first-order valence-corrected chi connectivity index (χ1v) is 20.6. The Kier molecular flexibility index (Phi) is 7.24. The Hall–Kier alpha value is -6.99. The molecule has 0 bridgehead atoms. The molecule has 12 aromatic rings. The maximum absolute atomic E-state index is 4.98. The summed E-state index contributed by atoms with van der Waals surface area (Å²) in [5.41, 5.74) is 8.91. The summed E-state index contributed by atoms with van der Waals surface area (Å²) in [4.78, 5) is 14.8. The van der Waals surface area contributed by atoms with Crippen LogP contribution >= 0.6 is 22.7 Å². The van der Waals surface area contributed by atoms with Gasteiger partial charge in [0.2, 0.25) is 0 Å². The Balaban J connectivity index is 0.921. The number of hydrogen-bond donors (Lipinski definition) is 0. The van der Waals surface area contributed by atoms with Gasteiger partial charge < -0.3 is 4.57 Å². The molecule has 0 aliphatic rings. The molecule has 4 nitrogen and oxygen atoms in total. The van der Waals surface area contributed by atoms with Gasteiger partial charge in [-0.15, -0.1) is 22.7 Å². The minimum atomic E-state index is 0.665. The Labute approximate surface area is 335 Å². The van der Waals surface area contributed by atoms with E-state index in [1.807, 2.05) is 83.3 Å². The van der Waals surface area contributed by atoms with Gasteiger partial charge in [0, 0.05) is 73.5 Å². The summed E-state index contributed by atoms with van der Waals surface area (Å²) < 4.78 is 7.56. The Morgan fingerprint density at radius 1 is 0.333 bits per heavy atom. The van der Waals surface area contributed by atoms with Crippen molar-refractivity contribution in [1.29, 1.82) is 0 Å². The number of aromatic nitrogens is 4. The molecule has 0 aliphatic carbocycles. The third-order valence-electron chi connectivity index (χ3n) is 11.1. The lowest BCUT2D eigenvalue weighted by atomic mass is 10.0. The molecule has 0 aliphatic heterocycles. The first-order chi connectivity index (χ1) is 28.2. The van der Waals surface area contributed by atoms with Crippen molar-refractivity contribution in [3.05, 3.63) is 182 Å². The predicted octanol–water partition coefficient (Wildman–Crippen LogP) is 14.4. The molecule has 0 saturated carbocycles. The monoisotopic (exact) mass is 762 g/mol. The van der Waals surface area contributed by atoms with Crippen LogP contribution in [-0.4, -0.2) is 19.5 Å². The summed E-state index contributed by atoms with van der Waals surface area (Å²) in [6, 6.07) is 64.9. The van der Waals surface area contributed by atoms with Crippen molar-refractivity contribution in [2.75, 3.05) is 0 Å². The van der Waals surface area contributed by atoms with Crippen LogP contribution in [0.3, 0.4) is 0 Å². The Bertz CT molecular complexity index is 3450. The van der Waals surface area contributed by atoms with Crippen LogP contribution in [0.15, 0.2) is 182 Å². The molecule has 0 atom stereocenters. The van der Waals surface area contributed by atoms with Gasteiger partial charge in [-0.2, -0.15) is 0 Å². The molecule has 4 aromatic heterocycles. The van der Waals surface area contributed by atoms with Gasteiger partial charge >= 0.3 is 0 Å². The molecule has 57 heavy (non-hydrogen) atoms. The van der Waals surface area contributed by atoms with E-state index in [2.05, 4.69) is 126 Å². The molecule has 0 fully saturated rings. The molecule has 0 unspecified atom stereocenters. The molecule has 0 radical (unpaired) electrons. The summed E-state index contributed by atoms with van der Waals surface area (Å²) >= 11 is 3.71. The van der Waals surface area contributed by atoms with Crippen LogP contribution in [0.1, 0.15) is 0 Å². The van der Waals surface area contributed by atoms with Crippen molar-refractivity contribution >= 4 is 84.8 Å². The highest BCUT2D eigenvalue weighted by molar-refractivity contribution is 7.27. The molecule has 8 aromatic carbocycles. The maximum atomic E-state index is 4.98. The first kappa shape index (κ1) is 32.3. The molecule has 0 spiro atoms. The van der Waals surface area contributed by atoms with E-state index in [1.165, 1.54) is 73.3 Å². The van der Waals surface area contributed by atoms with Gasteiger partial charge in [0.1, 0.15) is 0 Å².